The Balaban J connectivity index is 2.46. The summed E-state index contributed by atoms with van der Waals surface area (Å²) in [6, 6.07) is -0.135. The summed E-state index contributed by atoms with van der Waals surface area (Å²) in [6.07, 6.45) is 1.53. The van der Waals surface area contributed by atoms with Crippen molar-refractivity contribution >= 4 is 12.0 Å². The molecule has 0 bridgehead atoms. The van der Waals surface area contributed by atoms with E-state index < -0.39 is 11.4 Å². The lowest BCUT2D eigenvalue weighted by Crippen LogP contribution is -2.45. The average Bonchev–Trinajstić information content (AvgIpc) is 2.85. The van der Waals surface area contributed by atoms with E-state index in [1.807, 2.05) is 6.92 Å². The second-order valence-corrected chi connectivity index (χ2v) is 6.12. The molecule has 5 nitrogen and oxygen atoms in total. The number of amides is 2. The van der Waals surface area contributed by atoms with Crippen molar-refractivity contribution in [1.29, 1.82) is 0 Å². The van der Waals surface area contributed by atoms with Gasteiger partial charge in [-0.2, -0.15) is 0 Å². The van der Waals surface area contributed by atoms with Gasteiger partial charge in [0.05, 0.1) is 5.41 Å². The topological polar surface area (TPSA) is 69.6 Å². The van der Waals surface area contributed by atoms with Crippen LogP contribution in [0.5, 0.6) is 0 Å². The maximum absolute atomic E-state index is 12.0. The molecule has 1 aliphatic heterocycles. The minimum Gasteiger partial charge on any atom is -0.481 e. The lowest BCUT2D eigenvalue weighted by molar-refractivity contribution is -0.147. The van der Waals surface area contributed by atoms with Gasteiger partial charge in [-0.05, 0) is 31.6 Å². The minimum absolute atomic E-state index is 0.135. The van der Waals surface area contributed by atoms with Crippen molar-refractivity contribution in [2.45, 2.75) is 40.5 Å². The highest BCUT2D eigenvalue weighted by molar-refractivity contribution is 5.78. The summed E-state index contributed by atoms with van der Waals surface area (Å²) < 4.78 is 0. The summed E-state index contributed by atoms with van der Waals surface area (Å²) in [6.45, 7) is 9.56. The van der Waals surface area contributed by atoms with Crippen LogP contribution in [-0.4, -0.2) is 41.6 Å². The summed E-state index contributed by atoms with van der Waals surface area (Å²) in [5.41, 5.74) is -0.882. The number of hydrogen-bond donors (Lipinski definition) is 2. The van der Waals surface area contributed by atoms with Crippen LogP contribution in [0, 0.1) is 17.3 Å². The van der Waals surface area contributed by atoms with E-state index in [2.05, 4.69) is 19.2 Å². The molecule has 1 heterocycles. The van der Waals surface area contributed by atoms with Crippen LogP contribution in [0.3, 0.4) is 0 Å². The smallest absolute Gasteiger partial charge is 0.317 e. The third-order valence-corrected chi connectivity index (χ3v) is 4.38. The first kappa shape index (κ1) is 15.8. The standard InChI is InChI=1S/C14H26N2O3/c1-5-14(4,12(17)18)9-15-13(19)16-7-6-11(8-16)10(2)3/h10-11H,5-9H2,1-4H3,(H,15,19)(H,17,18). The summed E-state index contributed by atoms with van der Waals surface area (Å²) in [5, 5.41) is 11.9. The quantitative estimate of drug-likeness (QED) is 0.804. The third-order valence-electron chi connectivity index (χ3n) is 4.38. The fourth-order valence-electron chi connectivity index (χ4n) is 2.25. The number of aliphatic carboxylic acids is 1. The SMILES string of the molecule is CCC(C)(CNC(=O)N1CCC(C(C)C)C1)C(=O)O. The zero-order chi connectivity index (χ0) is 14.6. The first-order valence-electron chi connectivity index (χ1n) is 7.06. The third kappa shape index (κ3) is 3.85. The van der Waals surface area contributed by atoms with Crippen LogP contribution in [-0.2, 0) is 4.79 Å². The van der Waals surface area contributed by atoms with Crippen LogP contribution >= 0.6 is 0 Å². The molecule has 0 aliphatic carbocycles. The Bertz CT molecular complexity index is 344. The number of rotatable bonds is 5. The average molecular weight is 270 g/mol. The Morgan fingerprint density at radius 3 is 2.53 bits per heavy atom. The Hall–Kier alpha value is -1.26. The van der Waals surface area contributed by atoms with Crippen molar-refractivity contribution in [1.82, 2.24) is 10.2 Å². The van der Waals surface area contributed by atoms with Gasteiger partial charge in [0.1, 0.15) is 0 Å². The van der Waals surface area contributed by atoms with Gasteiger partial charge in [0.15, 0.2) is 0 Å². The fourth-order valence-corrected chi connectivity index (χ4v) is 2.25. The molecule has 1 fully saturated rings. The molecule has 2 atom stereocenters. The lowest BCUT2D eigenvalue weighted by atomic mass is 9.88. The monoisotopic (exact) mass is 270 g/mol. The van der Waals surface area contributed by atoms with Crippen molar-refractivity contribution in [3.8, 4) is 0 Å². The van der Waals surface area contributed by atoms with Crippen LogP contribution < -0.4 is 5.32 Å². The van der Waals surface area contributed by atoms with Gasteiger partial charge in [-0.1, -0.05) is 20.8 Å². The number of carboxylic acid groups (broad SMARTS) is 1. The van der Waals surface area contributed by atoms with Crippen molar-refractivity contribution in [3.63, 3.8) is 0 Å². The molecule has 0 spiro atoms. The predicted octanol–water partition coefficient (Wildman–Crippen LogP) is 2.17. The first-order valence-corrected chi connectivity index (χ1v) is 7.06. The van der Waals surface area contributed by atoms with Gasteiger partial charge in [0.25, 0.3) is 0 Å². The molecule has 1 saturated heterocycles. The Morgan fingerprint density at radius 1 is 1.47 bits per heavy atom. The number of nitrogens with one attached hydrogen (secondary N) is 1. The molecule has 0 saturated carbocycles. The second kappa shape index (κ2) is 6.26. The highest BCUT2D eigenvalue weighted by Gasteiger charge is 2.33. The van der Waals surface area contributed by atoms with E-state index in [1.54, 1.807) is 11.8 Å². The Morgan fingerprint density at radius 2 is 2.11 bits per heavy atom. The predicted molar refractivity (Wildman–Crippen MR) is 74.0 cm³/mol. The molecule has 0 aromatic rings. The molecule has 2 unspecified atom stereocenters. The Kier molecular flexibility index (Phi) is 5.20. The molecule has 5 heteroatoms. The van der Waals surface area contributed by atoms with Crippen molar-refractivity contribution in [3.05, 3.63) is 0 Å². The molecule has 19 heavy (non-hydrogen) atoms. The van der Waals surface area contributed by atoms with E-state index in [9.17, 15) is 9.59 Å². The fraction of sp³-hybridized carbons (Fsp3) is 0.857. The van der Waals surface area contributed by atoms with E-state index in [0.717, 1.165) is 19.5 Å². The molecule has 0 aromatic heterocycles. The molecule has 1 rings (SSSR count). The number of nitrogens with zero attached hydrogens (tertiary/aromatic N) is 1. The lowest BCUT2D eigenvalue weighted by Gasteiger charge is -2.25. The van der Waals surface area contributed by atoms with Gasteiger partial charge in [-0.3, -0.25) is 4.79 Å². The van der Waals surface area contributed by atoms with E-state index >= 15 is 0 Å². The van der Waals surface area contributed by atoms with E-state index in [1.165, 1.54) is 0 Å². The summed E-state index contributed by atoms with van der Waals surface area (Å²) >= 11 is 0. The largest absolute Gasteiger partial charge is 0.481 e. The van der Waals surface area contributed by atoms with Crippen molar-refractivity contribution < 1.29 is 14.7 Å². The molecule has 2 N–H and O–H groups in total. The van der Waals surface area contributed by atoms with Crippen LogP contribution in [0.25, 0.3) is 0 Å². The zero-order valence-corrected chi connectivity index (χ0v) is 12.4. The van der Waals surface area contributed by atoms with Gasteiger partial charge in [-0.15, -0.1) is 0 Å². The van der Waals surface area contributed by atoms with Crippen molar-refractivity contribution in [2.24, 2.45) is 17.3 Å². The highest BCUT2D eigenvalue weighted by Crippen LogP contribution is 2.24. The number of carbonyl (C=O) groups is 2. The van der Waals surface area contributed by atoms with Crippen LogP contribution in [0.15, 0.2) is 0 Å². The van der Waals surface area contributed by atoms with Gasteiger partial charge in [-0.25, -0.2) is 4.79 Å². The van der Waals surface area contributed by atoms with Gasteiger partial charge in [0, 0.05) is 19.6 Å². The van der Waals surface area contributed by atoms with E-state index in [-0.39, 0.29) is 12.6 Å². The molecular weight excluding hydrogens is 244 g/mol. The molecule has 1 aliphatic rings. The van der Waals surface area contributed by atoms with Gasteiger partial charge in [0.2, 0.25) is 0 Å². The molecule has 2 amide bonds. The Labute approximate surface area is 115 Å². The van der Waals surface area contributed by atoms with Crippen LogP contribution in [0.4, 0.5) is 4.79 Å². The number of carbonyl (C=O) groups excluding carboxylic acids is 1. The van der Waals surface area contributed by atoms with Crippen LogP contribution in [0.1, 0.15) is 40.5 Å². The molecular formula is C14H26N2O3. The summed E-state index contributed by atoms with van der Waals surface area (Å²) in [4.78, 5) is 25.0. The van der Waals surface area contributed by atoms with E-state index in [0.29, 0.717) is 18.3 Å². The first-order chi connectivity index (χ1) is 8.80. The maximum Gasteiger partial charge on any atom is 0.317 e. The number of hydrogen-bond acceptors (Lipinski definition) is 2. The number of urea groups is 1. The molecule has 0 radical (unpaired) electrons. The van der Waals surface area contributed by atoms with Gasteiger partial charge < -0.3 is 15.3 Å². The van der Waals surface area contributed by atoms with Crippen molar-refractivity contribution in [2.75, 3.05) is 19.6 Å². The van der Waals surface area contributed by atoms with Gasteiger partial charge >= 0.3 is 12.0 Å². The second-order valence-electron chi connectivity index (χ2n) is 6.12. The molecule has 110 valence electrons. The van der Waals surface area contributed by atoms with E-state index in [4.69, 9.17) is 5.11 Å². The molecule has 0 aromatic carbocycles. The van der Waals surface area contributed by atoms with Crippen LogP contribution in [0.2, 0.25) is 0 Å². The number of carboxylic acids is 1. The zero-order valence-electron chi connectivity index (χ0n) is 12.4. The highest BCUT2D eigenvalue weighted by atomic mass is 16.4. The summed E-state index contributed by atoms with van der Waals surface area (Å²) in [5.74, 6) is 0.275. The number of likely N-dealkylation sites (tertiary alicyclic amines) is 1. The maximum atomic E-state index is 12.0. The minimum atomic E-state index is -0.882. The normalized spacial score (nSPS) is 22.4. The summed E-state index contributed by atoms with van der Waals surface area (Å²) in [7, 11) is 0.